The third-order valence-corrected chi connectivity index (χ3v) is 8.88. The van der Waals surface area contributed by atoms with Crippen molar-refractivity contribution in [1.82, 2.24) is 0 Å². The van der Waals surface area contributed by atoms with Gasteiger partial charge < -0.3 is 24.8 Å². The Morgan fingerprint density at radius 1 is 1.29 bits per heavy atom. The van der Waals surface area contributed by atoms with Gasteiger partial charge in [0.05, 0.1) is 11.7 Å². The summed E-state index contributed by atoms with van der Waals surface area (Å²) in [7, 11) is 0. The standard InChI is InChI=1S/C25H38O6/c1-14(11-16(26)20-15(2)12-19(27)31-20)7-8-18-23(3)9-6-10-24(4)21(23)17(30-22(24)28)13-25(18,5)29/h11-12,16-18,20-22,26,28-29H,6-10,13H2,1-5H3. The number of aliphatic hydroxyl groups excluding tert-OH is 2. The van der Waals surface area contributed by atoms with Crippen molar-refractivity contribution < 1.29 is 29.6 Å². The molecule has 4 aliphatic rings. The second kappa shape index (κ2) is 7.68. The van der Waals surface area contributed by atoms with E-state index in [0.717, 1.165) is 43.3 Å². The molecule has 9 unspecified atom stereocenters. The van der Waals surface area contributed by atoms with Crippen molar-refractivity contribution in [3.8, 4) is 0 Å². The van der Waals surface area contributed by atoms with Crippen LogP contribution < -0.4 is 0 Å². The predicted molar refractivity (Wildman–Crippen MR) is 116 cm³/mol. The first-order valence-corrected chi connectivity index (χ1v) is 11.7. The van der Waals surface area contributed by atoms with E-state index in [4.69, 9.17) is 9.47 Å². The van der Waals surface area contributed by atoms with Crippen molar-refractivity contribution in [2.45, 2.75) is 103 Å². The maximum absolute atomic E-state index is 11.5. The Kier molecular flexibility index (Phi) is 5.69. The van der Waals surface area contributed by atoms with E-state index >= 15 is 0 Å². The van der Waals surface area contributed by atoms with Gasteiger partial charge in [0, 0.05) is 23.8 Å². The average molecular weight is 435 g/mol. The minimum atomic E-state index is -0.878. The molecule has 0 radical (unpaired) electrons. The van der Waals surface area contributed by atoms with Crippen molar-refractivity contribution in [1.29, 1.82) is 0 Å². The summed E-state index contributed by atoms with van der Waals surface area (Å²) in [4.78, 5) is 11.4. The monoisotopic (exact) mass is 434 g/mol. The lowest BCUT2D eigenvalue weighted by molar-refractivity contribution is -0.182. The molecule has 6 nitrogen and oxygen atoms in total. The summed E-state index contributed by atoms with van der Waals surface area (Å²) >= 11 is 0. The number of cyclic esters (lactones) is 1. The van der Waals surface area contributed by atoms with Crippen molar-refractivity contribution in [3.63, 3.8) is 0 Å². The topological polar surface area (TPSA) is 96.2 Å². The average Bonchev–Trinajstić information content (AvgIpc) is 3.10. The number of hydrogen-bond acceptors (Lipinski definition) is 6. The van der Waals surface area contributed by atoms with E-state index in [1.807, 2.05) is 13.8 Å². The normalized spacial score (nSPS) is 48.3. The molecule has 3 fully saturated rings. The minimum absolute atomic E-state index is 0.0706. The van der Waals surface area contributed by atoms with Gasteiger partial charge >= 0.3 is 5.97 Å². The van der Waals surface area contributed by atoms with Crippen LogP contribution in [-0.2, 0) is 14.3 Å². The van der Waals surface area contributed by atoms with E-state index < -0.39 is 30.1 Å². The largest absolute Gasteiger partial charge is 0.452 e. The molecule has 174 valence electrons. The molecule has 6 heteroatoms. The van der Waals surface area contributed by atoms with Crippen molar-refractivity contribution >= 4 is 5.97 Å². The third-order valence-electron chi connectivity index (χ3n) is 8.88. The molecule has 31 heavy (non-hydrogen) atoms. The zero-order valence-electron chi connectivity index (χ0n) is 19.4. The highest BCUT2D eigenvalue weighted by Gasteiger charge is 2.68. The van der Waals surface area contributed by atoms with Crippen LogP contribution in [0, 0.1) is 22.7 Å². The first-order chi connectivity index (χ1) is 14.4. The highest BCUT2D eigenvalue weighted by molar-refractivity contribution is 5.85. The van der Waals surface area contributed by atoms with Gasteiger partial charge in [0.2, 0.25) is 0 Å². The number of rotatable bonds is 5. The molecule has 2 saturated carbocycles. The fourth-order valence-electron chi connectivity index (χ4n) is 7.59. The van der Waals surface area contributed by atoms with Crippen molar-refractivity contribution in [2.75, 3.05) is 0 Å². The maximum atomic E-state index is 11.5. The van der Waals surface area contributed by atoms with E-state index in [2.05, 4.69) is 13.8 Å². The zero-order chi connectivity index (χ0) is 22.8. The molecule has 2 aliphatic heterocycles. The van der Waals surface area contributed by atoms with Gasteiger partial charge in [-0.1, -0.05) is 31.9 Å². The summed E-state index contributed by atoms with van der Waals surface area (Å²) in [5.41, 5.74) is 0.500. The van der Waals surface area contributed by atoms with Crippen LogP contribution in [0.2, 0.25) is 0 Å². The summed E-state index contributed by atoms with van der Waals surface area (Å²) in [6.07, 6.45) is 5.92. The van der Waals surface area contributed by atoms with Gasteiger partial charge in [-0.25, -0.2) is 4.79 Å². The first-order valence-electron chi connectivity index (χ1n) is 11.7. The Hall–Kier alpha value is -1.21. The molecule has 0 aromatic heterocycles. The Morgan fingerprint density at radius 2 is 1.97 bits per heavy atom. The lowest BCUT2D eigenvalue weighted by Gasteiger charge is -2.60. The molecule has 9 atom stereocenters. The molecule has 0 spiro atoms. The molecular weight excluding hydrogens is 396 g/mol. The predicted octanol–water partition coefficient (Wildman–Crippen LogP) is 3.25. The van der Waals surface area contributed by atoms with Crippen LogP contribution in [0.1, 0.15) is 73.1 Å². The fourth-order valence-corrected chi connectivity index (χ4v) is 7.59. The lowest BCUT2D eigenvalue weighted by Crippen LogP contribution is -2.61. The molecule has 0 aromatic carbocycles. The van der Waals surface area contributed by atoms with Crippen LogP contribution in [0.25, 0.3) is 0 Å². The van der Waals surface area contributed by atoms with Crippen LogP contribution in [0.4, 0.5) is 0 Å². The maximum Gasteiger partial charge on any atom is 0.331 e. The van der Waals surface area contributed by atoms with E-state index in [1.165, 1.54) is 6.08 Å². The number of esters is 1. The smallest absolute Gasteiger partial charge is 0.331 e. The quantitative estimate of drug-likeness (QED) is 0.454. The molecule has 0 aromatic rings. The van der Waals surface area contributed by atoms with Crippen LogP contribution in [0.3, 0.4) is 0 Å². The lowest BCUT2D eigenvalue weighted by atomic mass is 9.44. The summed E-state index contributed by atoms with van der Waals surface area (Å²) in [6.45, 7) is 10.1. The van der Waals surface area contributed by atoms with E-state index in [0.29, 0.717) is 6.42 Å². The van der Waals surface area contributed by atoms with Crippen molar-refractivity contribution in [3.05, 3.63) is 23.3 Å². The highest BCUT2D eigenvalue weighted by Crippen LogP contribution is 2.67. The molecule has 3 N–H and O–H groups in total. The zero-order valence-corrected chi connectivity index (χ0v) is 19.4. The van der Waals surface area contributed by atoms with Gasteiger partial charge in [-0.2, -0.15) is 0 Å². The van der Waals surface area contributed by atoms with E-state index in [-0.39, 0.29) is 28.8 Å². The van der Waals surface area contributed by atoms with E-state index in [9.17, 15) is 20.1 Å². The molecule has 2 heterocycles. The van der Waals surface area contributed by atoms with Gasteiger partial charge in [-0.05, 0) is 63.4 Å². The second-order valence-corrected chi connectivity index (χ2v) is 11.3. The Labute approximate surface area is 185 Å². The molecular formula is C25H38O6. The number of carbonyl (C=O) groups excluding carboxylic acids is 1. The fraction of sp³-hybridized carbons (Fsp3) is 0.800. The minimum Gasteiger partial charge on any atom is -0.452 e. The summed E-state index contributed by atoms with van der Waals surface area (Å²) in [5, 5.41) is 32.7. The third kappa shape index (κ3) is 3.69. The highest BCUT2D eigenvalue weighted by atomic mass is 16.6. The van der Waals surface area contributed by atoms with Crippen LogP contribution in [-0.4, -0.2) is 51.5 Å². The summed E-state index contributed by atoms with van der Waals surface area (Å²) < 4.78 is 11.2. The molecule has 1 saturated heterocycles. The van der Waals surface area contributed by atoms with Gasteiger partial charge in [0.15, 0.2) is 12.4 Å². The second-order valence-electron chi connectivity index (χ2n) is 11.3. The molecule has 0 amide bonds. The SMILES string of the molecule is CC(=CC(O)C1OC(=O)C=C1C)CCC1C(C)(O)CC2OC(O)C3(C)CCCC1(C)C23. The number of carbonyl (C=O) groups is 1. The summed E-state index contributed by atoms with van der Waals surface area (Å²) in [6, 6.07) is 0. The van der Waals surface area contributed by atoms with Crippen LogP contribution in [0.5, 0.6) is 0 Å². The van der Waals surface area contributed by atoms with Gasteiger partial charge in [0.25, 0.3) is 0 Å². The molecule has 0 bridgehead atoms. The van der Waals surface area contributed by atoms with Gasteiger partial charge in [-0.3, -0.25) is 0 Å². The van der Waals surface area contributed by atoms with Gasteiger partial charge in [-0.15, -0.1) is 0 Å². The number of aliphatic hydroxyl groups is 3. The van der Waals surface area contributed by atoms with Gasteiger partial charge in [0.1, 0.15) is 6.10 Å². The summed E-state index contributed by atoms with van der Waals surface area (Å²) in [5.74, 6) is -0.106. The van der Waals surface area contributed by atoms with Crippen LogP contribution >= 0.6 is 0 Å². The number of ether oxygens (including phenoxy) is 2. The Balaban J connectivity index is 1.51. The first kappa shape index (κ1) is 23.0. The number of allylic oxidation sites excluding steroid dienone is 1. The Morgan fingerprint density at radius 3 is 2.61 bits per heavy atom. The van der Waals surface area contributed by atoms with Crippen LogP contribution in [0.15, 0.2) is 23.3 Å². The number of hydrogen-bond donors (Lipinski definition) is 3. The van der Waals surface area contributed by atoms with E-state index in [1.54, 1.807) is 13.0 Å². The molecule has 2 aliphatic carbocycles. The molecule has 4 rings (SSSR count). The Bertz CT molecular complexity index is 800. The van der Waals surface area contributed by atoms with Crippen molar-refractivity contribution in [2.24, 2.45) is 22.7 Å².